The van der Waals surface area contributed by atoms with Gasteiger partial charge in [-0.2, -0.15) is 0 Å². The van der Waals surface area contributed by atoms with Crippen molar-refractivity contribution in [2.75, 3.05) is 0 Å². The quantitative estimate of drug-likeness (QED) is 0.717. The summed E-state index contributed by atoms with van der Waals surface area (Å²) in [5.74, 6) is 0.763. The SMILES string of the molecule is [2H]CC1CC(C2C=CC(CCC)=CC2=O)C(C)C1[2H]. The van der Waals surface area contributed by atoms with E-state index in [-0.39, 0.29) is 35.9 Å². The number of carbonyl (C=O) groups excluding carboxylic acids is 1. The van der Waals surface area contributed by atoms with E-state index < -0.39 is 0 Å². The van der Waals surface area contributed by atoms with Gasteiger partial charge in [-0.05, 0) is 48.6 Å². The number of allylic oxidation sites excluding steroid dienone is 4. The third-order valence-corrected chi connectivity index (χ3v) is 4.00. The van der Waals surface area contributed by atoms with Crippen molar-refractivity contribution >= 4 is 5.78 Å². The van der Waals surface area contributed by atoms with E-state index in [9.17, 15) is 4.79 Å². The lowest BCUT2D eigenvalue weighted by Crippen LogP contribution is -2.24. The minimum Gasteiger partial charge on any atom is -0.294 e. The molecule has 1 heteroatoms. The largest absolute Gasteiger partial charge is 0.294 e. The highest BCUT2D eigenvalue weighted by atomic mass is 16.1. The van der Waals surface area contributed by atoms with Gasteiger partial charge in [0.2, 0.25) is 0 Å². The van der Waals surface area contributed by atoms with Crippen molar-refractivity contribution < 1.29 is 7.54 Å². The first-order chi connectivity index (χ1) is 9.08. The van der Waals surface area contributed by atoms with Crippen LogP contribution >= 0.6 is 0 Å². The molecule has 1 nitrogen and oxygen atoms in total. The van der Waals surface area contributed by atoms with Crippen LogP contribution in [-0.2, 0) is 4.79 Å². The first-order valence-electron chi connectivity index (χ1n) is 8.01. The van der Waals surface area contributed by atoms with Crippen LogP contribution in [0.5, 0.6) is 0 Å². The van der Waals surface area contributed by atoms with Gasteiger partial charge in [-0.15, -0.1) is 0 Å². The summed E-state index contributed by atoms with van der Waals surface area (Å²) in [5, 5.41) is 0. The third-order valence-electron chi connectivity index (χ3n) is 4.00. The Kier molecular flexibility index (Phi) is 3.09. The fourth-order valence-corrected chi connectivity index (χ4v) is 3.14. The summed E-state index contributed by atoms with van der Waals surface area (Å²) < 4.78 is 15.7. The molecule has 0 radical (unpaired) electrons. The molecule has 0 heterocycles. The van der Waals surface area contributed by atoms with Gasteiger partial charge in [0, 0.05) is 8.66 Å². The predicted molar refractivity (Wildman–Crippen MR) is 71.7 cm³/mol. The molecule has 0 aliphatic heterocycles. The van der Waals surface area contributed by atoms with E-state index in [1.165, 1.54) is 0 Å². The maximum absolute atomic E-state index is 12.3. The van der Waals surface area contributed by atoms with Crippen LogP contribution in [-0.4, -0.2) is 5.78 Å². The molecule has 0 saturated heterocycles. The molecule has 5 unspecified atom stereocenters. The summed E-state index contributed by atoms with van der Waals surface area (Å²) in [7, 11) is 0. The average molecular weight is 234 g/mol. The number of hydrogen-bond donors (Lipinski definition) is 0. The molecular weight excluding hydrogens is 208 g/mol. The summed E-state index contributed by atoms with van der Waals surface area (Å²) in [4.78, 5) is 12.3. The van der Waals surface area contributed by atoms with E-state index in [1.54, 1.807) is 6.08 Å². The molecule has 0 aromatic rings. The lowest BCUT2D eigenvalue weighted by atomic mass is 9.79. The maximum atomic E-state index is 12.3. The Bertz CT molecular complexity index is 400. The van der Waals surface area contributed by atoms with Crippen molar-refractivity contribution in [3.63, 3.8) is 0 Å². The first-order valence-corrected chi connectivity index (χ1v) is 6.72. The molecule has 0 bridgehead atoms. The second-order valence-electron chi connectivity index (χ2n) is 5.47. The number of hydrogen-bond acceptors (Lipinski definition) is 1. The number of carbonyl (C=O) groups is 1. The summed E-state index contributed by atoms with van der Waals surface area (Å²) in [5.41, 5.74) is 1.13. The molecular formula is C16H24O. The summed E-state index contributed by atoms with van der Waals surface area (Å²) in [6.45, 7) is 4.51. The van der Waals surface area contributed by atoms with E-state index in [1.807, 2.05) is 6.08 Å². The zero-order valence-corrected chi connectivity index (χ0v) is 10.9. The van der Waals surface area contributed by atoms with Gasteiger partial charge in [-0.3, -0.25) is 4.79 Å². The van der Waals surface area contributed by atoms with E-state index in [0.29, 0.717) is 6.90 Å². The highest BCUT2D eigenvalue weighted by molar-refractivity contribution is 5.95. The monoisotopic (exact) mass is 234 g/mol. The lowest BCUT2D eigenvalue weighted by Gasteiger charge is -2.24. The summed E-state index contributed by atoms with van der Waals surface area (Å²) in [6.07, 6.45) is 8.65. The minimum atomic E-state index is -0.176. The van der Waals surface area contributed by atoms with Crippen LogP contribution in [0.25, 0.3) is 0 Å². The van der Waals surface area contributed by atoms with Gasteiger partial charge >= 0.3 is 0 Å². The maximum Gasteiger partial charge on any atom is 0.163 e. The van der Waals surface area contributed by atoms with Crippen LogP contribution in [0, 0.1) is 23.7 Å². The van der Waals surface area contributed by atoms with E-state index in [2.05, 4.69) is 19.9 Å². The normalized spacial score (nSPS) is 43.3. The van der Waals surface area contributed by atoms with Gasteiger partial charge in [0.05, 0.1) is 0 Å². The Balaban J connectivity index is 2.09. The fourth-order valence-electron chi connectivity index (χ4n) is 3.14. The Labute approximate surface area is 108 Å². The highest BCUT2D eigenvalue weighted by Gasteiger charge is 2.36. The molecule has 0 amide bonds. The average Bonchev–Trinajstić information content (AvgIpc) is 2.67. The van der Waals surface area contributed by atoms with E-state index in [0.717, 1.165) is 24.8 Å². The zero-order valence-electron chi connectivity index (χ0n) is 12.9. The molecule has 0 spiro atoms. The molecule has 2 aliphatic rings. The van der Waals surface area contributed by atoms with Crippen LogP contribution in [0.4, 0.5) is 0 Å². The minimum absolute atomic E-state index is 0.0555. The van der Waals surface area contributed by atoms with Crippen LogP contribution in [0.3, 0.4) is 0 Å². The third kappa shape index (κ3) is 2.70. The molecule has 1 saturated carbocycles. The van der Waals surface area contributed by atoms with Gasteiger partial charge < -0.3 is 0 Å². The van der Waals surface area contributed by atoms with Crippen LogP contribution in [0.1, 0.15) is 49.1 Å². The second-order valence-corrected chi connectivity index (χ2v) is 5.47. The van der Waals surface area contributed by atoms with Crippen LogP contribution < -0.4 is 0 Å². The van der Waals surface area contributed by atoms with Gasteiger partial charge in [0.1, 0.15) is 0 Å². The summed E-state index contributed by atoms with van der Waals surface area (Å²) >= 11 is 0. The summed E-state index contributed by atoms with van der Waals surface area (Å²) in [6, 6.07) is 0. The van der Waals surface area contributed by atoms with Crippen LogP contribution in [0.2, 0.25) is 0 Å². The standard InChI is InChI=1S/C16H24O/c1-4-5-13-6-7-14(16(17)10-13)15-9-11(2)8-12(15)3/h6-7,10-12,14-15H,4-5,8-9H2,1-3H3/i2D,8D. The number of rotatable bonds is 3. The van der Waals surface area contributed by atoms with Crippen molar-refractivity contribution in [3.8, 4) is 0 Å². The van der Waals surface area contributed by atoms with Gasteiger partial charge in [-0.1, -0.05) is 39.3 Å². The second kappa shape index (κ2) is 5.20. The van der Waals surface area contributed by atoms with Crippen LogP contribution in [0.15, 0.2) is 23.8 Å². The fraction of sp³-hybridized carbons (Fsp3) is 0.688. The smallest absolute Gasteiger partial charge is 0.163 e. The molecule has 2 rings (SSSR count). The topological polar surface area (TPSA) is 17.1 Å². The predicted octanol–water partition coefficient (Wildman–Crippen LogP) is 4.15. The Morgan fingerprint density at radius 2 is 2.41 bits per heavy atom. The molecule has 0 N–H and O–H groups in total. The molecule has 0 aromatic carbocycles. The molecule has 0 aromatic heterocycles. The van der Waals surface area contributed by atoms with Gasteiger partial charge in [0.25, 0.3) is 0 Å². The van der Waals surface area contributed by atoms with E-state index in [4.69, 9.17) is 2.74 Å². The highest BCUT2D eigenvalue weighted by Crippen LogP contribution is 2.42. The molecule has 94 valence electrons. The van der Waals surface area contributed by atoms with Crippen molar-refractivity contribution in [2.45, 2.75) is 46.4 Å². The van der Waals surface area contributed by atoms with Crippen molar-refractivity contribution in [3.05, 3.63) is 23.8 Å². The molecule has 1 fully saturated rings. The zero-order chi connectivity index (χ0) is 14.0. The molecule has 2 aliphatic carbocycles. The van der Waals surface area contributed by atoms with Gasteiger partial charge in [0.15, 0.2) is 5.78 Å². The van der Waals surface area contributed by atoms with Crippen molar-refractivity contribution in [2.24, 2.45) is 23.7 Å². The first kappa shape index (κ1) is 10.1. The Morgan fingerprint density at radius 1 is 1.59 bits per heavy atom. The Hall–Kier alpha value is -0.850. The Morgan fingerprint density at radius 3 is 3.00 bits per heavy atom. The van der Waals surface area contributed by atoms with Crippen molar-refractivity contribution in [1.29, 1.82) is 0 Å². The van der Waals surface area contributed by atoms with E-state index >= 15 is 0 Å². The lowest BCUT2D eigenvalue weighted by molar-refractivity contribution is -0.118. The number of ketones is 1. The molecule has 5 atom stereocenters. The van der Waals surface area contributed by atoms with Crippen molar-refractivity contribution in [1.82, 2.24) is 0 Å². The van der Waals surface area contributed by atoms with Gasteiger partial charge in [-0.25, -0.2) is 0 Å². The molecule has 17 heavy (non-hydrogen) atoms.